The van der Waals surface area contributed by atoms with Crippen LogP contribution in [0.4, 0.5) is 0 Å². The summed E-state index contributed by atoms with van der Waals surface area (Å²) in [6.45, 7) is 3.63. The number of Topliss-reactive ketones (excluding diaryl/α,β-unsaturated/α-hetero) is 1. The molecule has 0 spiro atoms. The summed E-state index contributed by atoms with van der Waals surface area (Å²) in [5.41, 5.74) is 5.78. The maximum atomic E-state index is 11.4. The van der Waals surface area contributed by atoms with Gasteiger partial charge in [-0.3, -0.25) is 4.79 Å². The van der Waals surface area contributed by atoms with Gasteiger partial charge in [-0.05, 0) is 38.1 Å². The summed E-state index contributed by atoms with van der Waals surface area (Å²) in [6, 6.07) is 6.47. The summed E-state index contributed by atoms with van der Waals surface area (Å²) >= 11 is 0. The highest BCUT2D eigenvalue weighted by molar-refractivity contribution is 5.97. The van der Waals surface area contributed by atoms with Gasteiger partial charge in [0.2, 0.25) is 0 Å². The average molecular weight is 288 g/mol. The van der Waals surface area contributed by atoms with Gasteiger partial charge in [-0.15, -0.1) is 12.4 Å². The second-order valence-corrected chi connectivity index (χ2v) is 3.66. The van der Waals surface area contributed by atoms with E-state index in [4.69, 9.17) is 15.2 Å². The molecule has 0 fully saturated rings. The molecule has 0 aliphatic carbocycles. The van der Waals surface area contributed by atoms with Crippen molar-refractivity contribution in [3.05, 3.63) is 29.8 Å². The van der Waals surface area contributed by atoms with Crippen molar-refractivity contribution < 1.29 is 19.1 Å². The smallest absolute Gasteiger partial charge is 0.347 e. The zero-order valence-corrected chi connectivity index (χ0v) is 11.7. The molecule has 0 heterocycles. The zero-order valence-electron chi connectivity index (χ0n) is 10.9. The molecule has 1 atom stereocenters. The number of carbonyl (C=O) groups excluding carboxylic acids is 2. The van der Waals surface area contributed by atoms with E-state index < -0.39 is 12.1 Å². The average Bonchev–Trinajstić information content (AvgIpc) is 2.39. The van der Waals surface area contributed by atoms with Crippen molar-refractivity contribution in [3.63, 3.8) is 0 Å². The zero-order chi connectivity index (χ0) is 13.5. The summed E-state index contributed by atoms with van der Waals surface area (Å²) in [6.07, 6.45) is -0.680. The lowest BCUT2D eigenvalue weighted by Gasteiger charge is -2.13. The predicted molar refractivity (Wildman–Crippen MR) is 73.8 cm³/mol. The molecular formula is C13H18ClNO4. The molecule has 0 saturated carbocycles. The van der Waals surface area contributed by atoms with E-state index in [-0.39, 0.29) is 24.7 Å². The standard InChI is InChI=1S/C13H17NO4.ClH/c1-3-17-13(16)9(2)18-11-6-4-10(5-7-11)12(15)8-14;/h4-7,9H,3,8,14H2,1-2H3;1H. The SMILES string of the molecule is CCOC(=O)C(C)Oc1ccc(C(=O)CN)cc1.Cl. The second-order valence-electron chi connectivity index (χ2n) is 3.66. The van der Waals surface area contributed by atoms with E-state index in [9.17, 15) is 9.59 Å². The van der Waals surface area contributed by atoms with E-state index >= 15 is 0 Å². The van der Waals surface area contributed by atoms with Crippen molar-refractivity contribution in [1.82, 2.24) is 0 Å². The maximum Gasteiger partial charge on any atom is 0.347 e. The van der Waals surface area contributed by atoms with Crippen LogP contribution in [-0.4, -0.2) is 31.0 Å². The Kier molecular flexibility index (Phi) is 7.79. The number of nitrogens with two attached hydrogens (primary N) is 1. The van der Waals surface area contributed by atoms with Gasteiger partial charge in [0.25, 0.3) is 0 Å². The molecule has 1 aromatic rings. The van der Waals surface area contributed by atoms with Crippen LogP contribution in [0.5, 0.6) is 5.75 Å². The molecule has 0 aliphatic heterocycles. The third kappa shape index (κ3) is 5.28. The molecule has 6 heteroatoms. The number of ketones is 1. The predicted octanol–water partition coefficient (Wildman–Crippen LogP) is 1.58. The molecule has 2 N–H and O–H groups in total. The molecule has 1 unspecified atom stereocenters. The number of benzene rings is 1. The lowest BCUT2D eigenvalue weighted by atomic mass is 10.1. The summed E-state index contributed by atoms with van der Waals surface area (Å²) in [4.78, 5) is 22.7. The lowest BCUT2D eigenvalue weighted by Crippen LogP contribution is -2.26. The summed E-state index contributed by atoms with van der Waals surface area (Å²) < 4.78 is 10.2. The van der Waals surface area contributed by atoms with E-state index in [2.05, 4.69) is 0 Å². The van der Waals surface area contributed by atoms with Crippen LogP contribution >= 0.6 is 12.4 Å². The normalized spacial score (nSPS) is 11.1. The Morgan fingerprint density at radius 1 is 1.26 bits per heavy atom. The van der Waals surface area contributed by atoms with Gasteiger partial charge >= 0.3 is 5.97 Å². The van der Waals surface area contributed by atoms with Crippen molar-refractivity contribution in [2.45, 2.75) is 20.0 Å². The number of hydrogen-bond acceptors (Lipinski definition) is 5. The van der Waals surface area contributed by atoms with Gasteiger partial charge in [-0.25, -0.2) is 4.79 Å². The minimum atomic E-state index is -0.680. The van der Waals surface area contributed by atoms with Crippen molar-refractivity contribution in [3.8, 4) is 5.75 Å². The summed E-state index contributed by atoms with van der Waals surface area (Å²) in [5.74, 6) is -0.0521. The minimum Gasteiger partial charge on any atom is -0.479 e. The van der Waals surface area contributed by atoms with Crippen molar-refractivity contribution in [2.75, 3.05) is 13.2 Å². The topological polar surface area (TPSA) is 78.6 Å². The Bertz CT molecular complexity index is 419. The molecule has 5 nitrogen and oxygen atoms in total. The van der Waals surface area contributed by atoms with Crippen LogP contribution in [0.3, 0.4) is 0 Å². The lowest BCUT2D eigenvalue weighted by molar-refractivity contribution is -0.150. The Morgan fingerprint density at radius 2 is 1.84 bits per heavy atom. The Labute approximate surface area is 118 Å². The van der Waals surface area contributed by atoms with Gasteiger partial charge in [0, 0.05) is 5.56 Å². The second kappa shape index (κ2) is 8.50. The fraction of sp³-hybridized carbons (Fsp3) is 0.385. The van der Waals surface area contributed by atoms with Crippen molar-refractivity contribution >= 4 is 24.2 Å². The minimum absolute atomic E-state index is 0. The molecule has 1 aromatic carbocycles. The quantitative estimate of drug-likeness (QED) is 0.635. The third-order valence-electron chi connectivity index (χ3n) is 2.29. The fourth-order valence-corrected chi connectivity index (χ4v) is 1.35. The monoisotopic (exact) mass is 287 g/mol. The highest BCUT2D eigenvalue weighted by Gasteiger charge is 2.15. The summed E-state index contributed by atoms with van der Waals surface area (Å²) in [7, 11) is 0. The molecule has 106 valence electrons. The van der Waals surface area contributed by atoms with Gasteiger partial charge in [-0.2, -0.15) is 0 Å². The Morgan fingerprint density at radius 3 is 2.32 bits per heavy atom. The van der Waals surface area contributed by atoms with Crippen LogP contribution in [0.15, 0.2) is 24.3 Å². The highest BCUT2D eigenvalue weighted by atomic mass is 35.5. The fourth-order valence-electron chi connectivity index (χ4n) is 1.35. The molecule has 0 saturated heterocycles. The first kappa shape index (κ1) is 17.4. The van der Waals surface area contributed by atoms with E-state index in [0.717, 1.165) is 0 Å². The molecule has 0 radical (unpaired) electrons. The molecule has 0 aliphatic rings. The molecular weight excluding hydrogens is 270 g/mol. The Hall–Kier alpha value is -1.59. The first-order valence-corrected chi connectivity index (χ1v) is 5.75. The number of carbonyl (C=O) groups is 2. The van der Waals surface area contributed by atoms with Gasteiger partial charge in [-0.1, -0.05) is 0 Å². The van der Waals surface area contributed by atoms with Crippen molar-refractivity contribution in [2.24, 2.45) is 5.73 Å². The third-order valence-corrected chi connectivity index (χ3v) is 2.29. The molecule has 19 heavy (non-hydrogen) atoms. The molecule has 0 aromatic heterocycles. The molecule has 0 bridgehead atoms. The highest BCUT2D eigenvalue weighted by Crippen LogP contribution is 2.14. The van der Waals surface area contributed by atoms with E-state index in [1.54, 1.807) is 38.1 Å². The van der Waals surface area contributed by atoms with Crippen LogP contribution in [-0.2, 0) is 9.53 Å². The van der Waals surface area contributed by atoms with Gasteiger partial charge in [0.1, 0.15) is 5.75 Å². The maximum absolute atomic E-state index is 11.4. The van der Waals surface area contributed by atoms with Crippen LogP contribution in [0.25, 0.3) is 0 Å². The van der Waals surface area contributed by atoms with E-state index in [0.29, 0.717) is 17.9 Å². The van der Waals surface area contributed by atoms with Gasteiger partial charge in [0.15, 0.2) is 11.9 Å². The first-order chi connectivity index (χ1) is 8.58. The van der Waals surface area contributed by atoms with Crippen LogP contribution in [0.1, 0.15) is 24.2 Å². The largest absolute Gasteiger partial charge is 0.479 e. The molecule has 1 rings (SSSR count). The number of hydrogen-bond donors (Lipinski definition) is 1. The first-order valence-electron chi connectivity index (χ1n) is 5.75. The molecule has 0 amide bonds. The number of rotatable bonds is 6. The van der Waals surface area contributed by atoms with Crippen LogP contribution in [0.2, 0.25) is 0 Å². The van der Waals surface area contributed by atoms with Crippen molar-refractivity contribution in [1.29, 1.82) is 0 Å². The number of esters is 1. The van der Waals surface area contributed by atoms with E-state index in [1.807, 2.05) is 0 Å². The summed E-state index contributed by atoms with van der Waals surface area (Å²) in [5, 5.41) is 0. The van der Waals surface area contributed by atoms with Gasteiger partial charge in [0.05, 0.1) is 13.2 Å². The Balaban J connectivity index is 0.00000324. The van der Waals surface area contributed by atoms with Crippen LogP contribution < -0.4 is 10.5 Å². The number of ether oxygens (including phenoxy) is 2. The number of halogens is 1. The van der Waals surface area contributed by atoms with Crippen LogP contribution in [0, 0.1) is 0 Å². The van der Waals surface area contributed by atoms with E-state index in [1.165, 1.54) is 0 Å². The van der Waals surface area contributed by atoms with Gasteiger partial charge < -0.3 is 15.2 Å².